The molecule has 0 saturated carbocycles. The third kappa shape index (κ3) is 2.92. The molecule has 2 rings (SSSR count). The first-order valence-corrected chi connectivity index (χ1v) is 6.74. The first kappa shape index (κ1) is 14.7. The van der Waals surface area contributed by atoms with E-state index in [1.807, 2.05) is 6.92 Å². The van der Waals surface area contributed by atoms with Crippen LogP contribution < -0.4 is 5.56 Å². The summed E-state index contributed by atoms with van der Waals surface area (Å²) in [7, 11) is 0. The number of amides is 1. The summed E-state index contributed by atoms with van der Waals surface area (Å²) in [5, 5.41) is 16.1. The Bertz CT molecular complexity index is 760. The third-order valence-corrected chi connectivity index (χ3v) is 3.28. The maximum Gasteiger partial charge on any atom is 0.274 e. The minimum absolute atomic E-state index is 0.206. The predicted octanol–water partition coefficient (Wildman–Crippen LogP) is 1.54. The molecule has 1 aromatic heterocycles. The molecule has 0 saturated heterocycles. The van der Waals surface area contributed by atoms with Gasteiger partial charge in [-0.25, -0.2) is 5.10 Å². The molecule has 0 radical (unpaired) electrons. The van der Waals surface area contributed by atoms with E-state index in [2.05, 4.69) is 16.3 Å². The van der Waals surface area contributed by atoms with Gasteiger partial charge < -0.3 is 4.90 Å². The fraction of sp³-hybridized carbons (Fsp3) is 0.333. The number of benzene rings is 1. The highest BCUT2D eigenvalue weighted by molar-refractivity contribution is 6.04. The molecule has 1 amide bonds. The number of fused-ring (bicyclic) bond motifs is 1. The van der Waals surface area contributed by atoms with Crippen LogP contribution in [0, 0.1) is 17.2 Å². The Hall–Kier alpha value is -2.68. The van der Waals surface area contributed by atoms with Crippen LogP contribution in [0.4, 0.5) is 0 Å². The van der Waals surface area contributed by atoms with Crippen molar-refractivity contribution in [2.75, 3.05) is 13.1 Å². The SMILES string of the molecule is CCN(CC(C)C#N)C(=O)c1n[nH]c(=O)c2ccccc12. The highest BCUT2D eigenvalue weighted by atomic mass is 16.2. The van der Waals surface area contributed by atoms with Gasteiger partial charge in [-0.2, -0.15) is 10.4 Å². The van der Waals surface area contributed by atoms with Gasteiger partial charge in [0.2, 0.25) is 0 Å². The number of nitrogens with one attached hydrogen (secondary N) is 1. The van der Waals surface area contributed by atoms with Crippen LogP contribution >= 0.6 is 0 Å². The van der Waals surface area contributed by atoms with E-state index in [9.17, 15) is 9.59 Å². The maximum absolute atomic E-state index is 12.6. The van der Waals surface area contributed by atoms with Crippen molar-refractivity contribution in [2.24, 2.45) is 5.92 Å². The first-order valence-electron chi connectivity index (χ1n) is 6.74. The van der Waals surface area contributed by atoms with E-state index in [4.69, 9.17) is 5.26 Å². The van der Waals surface area contributed by atoms with Gasteiger partial charge in [-0.05, 0) is 19.9 Å². The molecule has 21 heavy (non-hydrogen) atoms. The zero-order valence-corrected chi connectivity index (χ0v) is 12.0. The lowest BCUT2D eigenvalue weighted by Gasteiger charge is -2.21. The van der Waals surface area contributed by atoms with Gasteiger partial charge in [0.15, 0.2) is 5.69 Å². The summed E-state index contributed by atoms with van der Waals surface area (Å²) in [5.74, 6) is -0.546. The van der Waals surface area contributed by atoms with Gasteiger partial charge in [0.25, 0.3) is 11.5 Å². The molecule has 1 atom stereocenters. The summed E-state index contributed by atoms with van der Waals surface area (Å²) in [4.78, 5) is 25.9. The maximum atomic E-state index is 12.6. The molecule has 0 aliphatic rings. The number of aromatic nitrogens is 2. The van der Waals surface area contributed by atoms with Crippen molar-refractivity contribution in [3.63, 3.8) is 0 Å². The predicted molar refractivity (Wildman–Crippen MR) is 78.7 cm³/mol. The van der Waals surface area contributed by atoms with Crippen LogP contribution in [0.2, 0.25) is 0 Å². The molecule has 6 heteroatoms. The number of rotatable bonds is 4. The van der Waals surface area contributed by atoms with E-state index >= 15 is 0 Å². The summed E-state index contributed by atoms with van der Waals surface area (Å²) < 4.78 is 0. The smallest absolute Gasteiger partial charge is 0.274 e. The quantitative estimate of drug-likeness (QED) is 0.922. The minimum atomic E-state index is -0.324. The lowest BCUT2D eigenvalue weighted by atomic mass is 10.1. The number of nitriles is 1. The Kier molecular flexibility index (Phi) is 4.33. The number of hydrogen-bond donors (Lipinski definition) is 1. The average molecular weight is 284 g/mol. The standard InChI is InChI=1S/C15H16N4O2/c1-3-19(9-10(2)8-16)15(21)13-11-6-4-5-7-12(11)14(20)18-17-13/h4-7,10H,3,9H2,1-2H3,(H,18,20). The summed E-state index contributed by atoms with van der Waals surface area (Å²) in [5.41, 5.74) is -0.118. The van der Waals surface area contributed by atoms with Crippen LogP contribution in [0.5, 0.6) is 0 Å². The van der Waals surface area contributed by atoms with Gasteiger partial charge in [0.05, 0.1) is 17.4 Å². The van der Waals surface area contributed by atoms with Crippen LogP contribution in [0.3, 0.4) is 0 Å². The monoisotopic (exact) mass is 284 g/mol. The molecule has 0 fully saturated rings. The van der Waals surface area contributed by atoms with Gasteiger partial charge in [-0.3, -0.25) is 9.59 Å². The van der Waals surface area contributed by atoms with Gasteiger partial charge in [-0.1, -0.05) is 18.2 Å². The van der Waals surface area contributed by atoms with E-state index in [0.29, 0.717) is 23.9 Å². The average Bonchev–Trinajstić information content (AvgIpc) is 2.52. The Morgan fingerprint density at radius 1 is 1.43 bits per heavy atom. The second-order valence-electron chi connectivity index (χ2n) is 4.82. The largest absolute Gasteiger partial charge is 0.336 e. The van der Waals surface area contributed by atoms with Gasteiger partial charge >= 0.3 is 0 Å². The Morgan fingerprint density at radius 2 is 2.10 bits per heavy atom. The lowest BCUT2D eigenvalue weighted by molar-refractivity contribution is 0.0748. The molecule has 0 bridgehead atoms. The molecule has 1 unspecified atom stereocenters. The molecule has 2 aromatic rings. The van der Waals surface area contributed by atoms with Crippen molar-refractivity contribution < 1.29 is 4.79 Å². The number of nitrogens with zero attached hydrogens (tertiary/aromatic N) is 3. The minimum Gasteiger partial charge on any atom is -0.336 e. The fourth-order valence-electron chi connectivity index (χ4n) is 2.15. The van der Waals surface area contributed by atoms with Crippen LogP contribution in [0.15, 0.2) is 29.1 Å². The third-order valence-electron chi connectivity index (χ3n) is 3.28. The van der Waals surface area contributed by atoms with Gasteiger partial charge in [0, 0.05) is 18.5 Å². The Morgan fingerprint density at radius 3 is 2.71 bits per heavy atom. The second-order valence-corrected chi connectivity index (χ2v) is 4.82. The van der Waals surface area contributed by atoms with Gasteiger partial charge in [-0.15, -0.1) is 0 Å². The number of aromatic amines is 1. The zero-order chi connectivity index (χ0) is 15.4. The molecule has 0 aliphatic heterocycles. The number of carbonyl (C=O) groups excluding carboxylic acids is 1. The summed E-state index contributed by atoms with van der Waals surface area (Å²) in [6.45, 7) is 4.41. The van der Waals surface area contributed by atoms with Crippen molar-refractivity contribution in [1.82, 2.24) is 15.1 Å². The zero-order valence-electron chi connectivity index (χ0n) is 12.0. The van der Waals surface area contributed by atoms with Crippen LogP contribution in [0.25, 0.3) is 10.8 Å². The van der Waals surface area contributed by atoms with E-state index < -0.39 is 0 Å². The summed E-state index contributed by atoms with van der Waals surface area (Å²) in [6, 6.07) is 8.96. The number of hydrogen-bond acceptors (Lipinski definition) is 4. The number of H-pyrrole nitrogens is 1. The summed E-state index contributed by atoms with van der Waals surface area (Å²) in [6.07, 6.45) is 0. The second kappa shape index (κ2) is 6.18. The molecular formula is C15H16N4O2. The van der Waals surface area contributed by atoms with Gasteiger partial charge in [0.1, 0.15) is 0 Å². The molecule has 1 N–H and O–H groups in total. The molecule has 0 aliphatic carbocycles. The summed E-state index contributed by atoms with van der Waals surface area (Å²) >= 11 is 0. The van der Waals surface area contributed by atoms with Crippen molar-refractivity contribution >= 4 is 16.7 Å². The highest BCUT2D eigenvalue weighted by Crippen LogP contribution is 2.15. The molecule has 108 valence electrons. The van der Waals surface area contributed by atoms with Crippen LogP contribution in [-0.2, 0) is 0 Å². The first-order chi connectivity index (χ1) is 10.1. The van der Waals surface area contributed by atoms with E-state index in [1.54, 1.807) is 36.1 Å². The number of carbonyl (C=O) groups is 1. The molecule has 0 spiro atoms. The highest BCUT2D eigenvalue weighted by Gasteiger charge is 2.21. The normalized spacial score (nSPS) is 11.9. The van der Waals surface area contributed by atoms with Crippen LogP contribution in [-0.4, -0.2) is 34.1 Å². The van der Waals surface area contributed by atoms with E-state index in [0.717, 1.165) is 0 Å². The Labute approximate surface area is 122 Å². The molecule has 6 nitrogen and oxygen atoms in total. The van der Waals surface area contributed by atoms with E-state index in [1.165, 1.54) is 0 Å². The van der Waals surface area contributed by atoms with Crippen molar-refractivity contribution in [3.05, 3.63) is 40.3 Å². The Balaban J connectivity index is 2.46. The molecule has 1 heterocycles. The molecular weight excluding hydrogens is 268 g/mol. The topological polar surface area (TPSA) is 89.8 Å². The lowest BCUT2D eigenvalue weighted by Crippen LogP contribution is -2.35. The van der Waals surface area contributed by atoms with Crippen molar-refractivity contribution in [3.8, 4) is 6.07 Å². The fourth-order valence-corrected chi connectivity index (χ4v) is 2.15. The van der Waals surface area contributed by atoms with Crippen LogP contribution in [0.1, 0.15) is 24.3 Å². The van der Waals surface area contributed by atoms with E-state index in [-0.39, 0.29) is 23.1 Å². The molecule has 1 aromatic carbocycles. The van der Waals surface area contributed by atoms with Crippen molar-refractivity contribution in [2.45, 2.75) is 13.8 Å². The van der Waals surface area contributed by atoms with Crippen molar-refractivity contribution in [1.29, 1.82) is 5.26 Å².